The van der Waals surface area contributed by atoms with Gasteiger partial charge in [-0.3, -0.25) is 24.5 Å². The Morgan fingerprint density at radius 2 is 1.62 bits per heavy atom. The molecule has 6 aliphatic rings. The normalized spacial score (nSPS) is 21.1. The number of nitrogens with zero attached hydrogens (tertiary/aromatic N) is 8. The number of likely N-dealkylation sites (tertiary alicyclic amines) is 1. The third kappa shape index (κ3) is 8.12. The smallest absolute Gasteiger partial charge is 0.255 e. The fourth-order valence-electron chi connectivity index (χ4n) is 11.1. The summed E-state index contributed by atoms with van der Waals surface area (Å²) in [5.41, 5.74) is 3.93. The largest absolute Gasteiger partial charge is 0.389 e. The van der Waals surface area contributed by atoms with Gasteiger partial charge in [-0.1, -0.05) is 12.1 Å². The van der Waals surface area contributed by atoms with E-state index in [2.05, 4.69) is 25.5 Å². The highest BCUT2D eigenvalue weighted by Gasteiger charge is 2.48. The molecule has 4 saturated heterocycles. The van der Waals surface area contributed by atoms with Crippen molar-refractivity contribution in [1.82, 2.24) is 29.7 Å². The van der Waals surface area contributed by atoms with Gasteiger partial charge in [0.25, 0.3) is 11.8 Å². The van der Waals surface area contributed by atoms with Gasteiger partial charge in [0.1, 0.15) is 11.6 Å². The van der Waals surface area contributed by atoms with E-state index < -0.39 is 41.4 Å². The van der Waals surface area contributed by atoms with Crippen molar-refractivity contribution in [3.05, 3.63) is 107 Å². The lowest BCUT2D eigenvalue weighted by molar-refractivity contribution is -0.150. The quantitative estimate of drug-likeness (QED) is 0.148. The molecule has 4 N–H and O–H groups in total. The third-order valence-electron chi connectivity index (χ3n) is 15.0. The first-order chi connectivity index (χ1) is 32.8. The highest BCUT2D eigenvalue weighted by molar-refractivity contribution is 7.13. The maximum absolute atomic E-state index is 16.0. The van der Waals surface area contributed by atoms with Gasteiger partial charge in [-0.2, -0.15) is 0 Å². The standard InChI is InChI=1S/C49H52F2N10O6S/c50-36-23-31(22-34-35(36)26-61(45(34)65)43(44(64)55-46-52-14-21-68-46)42-39-2-1-15-58(39)29-53-42)30-3-5-32(6-4-30)56-17-10-48(11-18-56)27-59(28-48)41(63)25-49(67)12-19-57(20-13-49)38-8-7-33(24-37(38)51)60-16-9-40(62)54-47(60)66/h3-8,14,21-24,29,43,47,66-67H,1-2,9-13,15-20,25-28H2,(H,54,62)(H,52,55,64). The molecule has 0 aliphatic carbocycles. The SMILES string of the molecule is O=C1CCN(c2ccc(N3CCC(O)(CC(=O)N4CC5(CCN(c6ccc(-c7cc(F)c8c(c7)C(=O)N(C(C(=O)Nc7nccs7)c7ncn9c7CCC9)C8)cc6)CC5)C4)CC3)c(F)c2)C(O)N1. The molecule has 0 saturated carbocycles. The van der Waals surface area contributed by atoms with Crippen molar-refractivity contribution in [2.45, 2.75) is 82.5 Å². The Morgan fingerprint density at radius 1 is 0.868 bits per heavy atom. The number of hydrogen-bond donors (Lipinski definition) is 4. The van der Waals surface area contributed by atoms with E-state index >= 15 is 8.78 Å². The number of halogens is 2. The molecule has 4 fully saturated rings. The summed E-state index contributed by atoms with van der Waals surface area (Å²) in [6.07, 6.45) is 6.40. The van der Waals surface area contributed by atoms with Gasteiger partial charge in [0, 0.05) is 104 Å². The van der Waals surface area contributed by atoms with Crippen LogP contribution in [0.3, 0.4) is 0 Å². The Labute approximate surface area is 395 Å². The van der Waals surface area contributed by atoms with E-state index in [1.165, 1.54) is 33.3 Å². The van der Waals surface area contributed by atoms with Gasteiger partial charge in [0.2, 0.25) is 18.2 Å². The Balaban J connectivity index is 0.677. The first-order valence-electron chi connectivity index (χ1n) is 23.3. The van der Waals surface area contributed by atoms with Gasteiger partial charge in [-0.15, -0.1) is 11.3 Å². The number of nitrogens with one attached hydrogen (secondary N) is 2. The number of thiazole rings is 1. The maximum atomic E-state index is 16.0. The van der Waals surface area contributed by atoms with E-state index in [-0.39, 0.29) is 54.3 Å². The van der Waals surface area contributed by atoms with Crippen LogP contribution in [0, 0.1) is 17.0 Å². The van der Waals surface area contributed by atoms with Crippen molar-refractivity contribution >= 4 is 57.2 Å². The summed E-state index contributed by atoms with van der Waals surface area (Å²) in [5, 5.41) is 29.1. The summed E-state index contributed by atoms with van der Waals surface area (Å²) < 4.78 is 33.3. The number of hydrogen-bond acceptors (Lipinski definition) is 12. The van der Waals surface area contributed by atoms with Gasteiger partial charge in [-0.05, 0) is 92.1 Å². The average molecular weight is 947 g/mol. The van der Waals surface area contributed by atoms with E-state index in [0.29, 0.717) is 66.8 Å². The van der Waals surface area contributed by atoms with Crippen LogP contribution >= 0.6 is 11.3 Å². The molecule has 5 aromatic rings. The number of rotatable bonds is 10. The van der Waals surface area contributed by atoms with Crippen LogP contribution in [0.2, 0.25) is 0 Å². The molecule has 8 heterocycles. The second kappa shape index (κ2) is 17.3. The molecule has 19 heteroatoms. The second-order valence-electron chi connectivity index (χ2n) is 19.2. The summed E-state index contributed by atoms with van der Waals surface area (Å²) in [4.78, 5) is 70.9. The molecule has 0 bridgehead atoms. The zero-order chi connectivity index (χ0) is 46.9. The van der Waals surface area contributed by atoms with Gasteiger partial charge in [0.15, 0.2) is 11.2 Å². The topological polar surface area (TPSA) is 180 Å². The molecule has 1 spiro atoms. The van der Waals surface area contributed by atoms with Crippen LogP contribution in [0.5, 0.6) is 0 Å². The maximum Gasteiger partial charge on any atom is 0.255 e. The molecule has 11 rings (SSSR count). The number of imidazole rings is 1. The van der Waals surface area contributed by atoms with Crippen LogP contribution in [0.1, 0.15) is 78.3 Å². The summed E-state index contributed by atoms with van der Waals surface area (Å²) >= 11 is 1.27. The number of aliphatic hydroxyl groups is 2. The lowest BCUT2D eigenvalue weighted by Gasteiger charge is -2.55. The van der Waals surface area contributed by atoms with Crippen molar-refractivity contribution in [2.75, 3.05) is 65.8 Å². The van der Waals surface area contributed by atoms with E-state index in [9.17, 15) is 29.4 Å². The number of aliphatic hydroxyl groups excluding tert-OH is 1. The summed E-state index contributed by atoms with van der Waals surface area (Å²) in [7, 11) is 0. The minimum Gasteiger partial charge on any atom is -0.389 e. The predicted octanol–water partition coefficient (Wildman–Crippen LogP) is 5.02. The number of piperidine rings is 2. The highest BCUT2D eigenvalue weighted by atomic mass is 32.1. The molecule has 2 atom stereocenters. The zero-order valence-electron chi connectivity index (χ0n) is 37.4. The van der Waals surface area contributed by atoms with E-state index in [1.807, 2.05) is 38.6 Å². The molecule has 68 heavy (non-hydrogen) atoms. The minimum atomic E-state index is -1.22. The van der Waals surface area contributed by atoms with Crippen LogP contribution in [0.15, 0.2) is 72.5 Å². The molecule has 4 amide bonds. The monoisotopic (exact) mass is 946 g/mol. The Hall–Kier alpha value is -6.44. The number of carbonyl (C=O) groups is 4. The molecular formula is C49H52F2N10O6S. The fourth-order valence-corrected chi connectivity index (χ4v) is 11.6. The van der Waals surface area contributed by atoms with Gasteiger partial charge in [0.05, 0.1) is 36.3 Å². The second-order valence-corrected chi connectivity index (χ2v) is 20.1. The number of amides is 4. The molecular weight excluding hydrogens is 895 g/mol. The van der Waals surface area contributed by atoms with Crippen LogP contribution in [-0.2, 0) is 33.9 Å². The molecule has 2 aromatic heterocycles. The van der Waals surface area contributed by atoms with Crippen molar-refractivity contribution in [1.29, 1.82) is 0 Å². The fraction of sp³-hybridized carbons (Fsp3) is 0.429. The van der Waals surface area contributed by atoms with Gasteiger partial charge < -0.3 is 44.6 Å². The van der Waals surface area contributed by atoms with Gasteiger partial charge >= 0.3 is 0 Å². The van der Waals surface area contributed by atoms with E-state index in [4.69, 9.17) is 0 Å². The van der Waals surface area contributed by atoms with Crippen LogP contribution in [0.25, 0.3) is 11.1 Å². The van der Waals surface area contributed by atoms with Crippen LogP contribution in [0.4, 0.5) is 31.0 Å². The minimum absolute atomic E-state index is 0.0224. The Bertz CT molecular complexity index is 2780. The van der Waals surface area contributed by atoms with Crippen LogP contribution < -0.4 is 25.3 Å². The van der Waals surface area contributed by atoms with E-state index in [0.717, 1.165) is 62.3 Å². The number of anilines is 4. The summed E-state index contributed by atoms with van der Waals surface area (Å²) in [5.74, 6) is -2.18. The van der Waals surface area contributed by atoms with Crippen molar-refractivity contribution in [3.8, 4) is 11.1 Å². The average Bonchev–Trinajstić information content (AvgIpc) is 4.14. The number of benzene rings is 3. The molecule has 16 nitrogen and oxygen atoms in total. The van der Waals surface area contributed by atoms with Crippen molar-refractivity contribution < 1.29 is 38.2 Å². The Kier molecular flexibility index (Phi) is 11.2. The number of carbonyl (C=O) groups excluding carboxylic acids is 4. The first kappa shape index (κ1) is 44.1. The highest BCUT2D eigenvalue weighted by Crippen LogP contribution is 2.44. The predicted molar refractivity (Wildman–Crippen MR) is 250 cm³/mol. The molecule has 2 unspecified atom stereocenters. The summed E-state index contributed by atoms with van der Waals surface area (Å²) in [6.45, 7) is 4.68. The van der Waals surface area contributed by atoms with Crippen molar-refractivity contribution in [3.63, 3.8) is 0 Å². The molecule has 354 valence electrons. The lowest BCUT2D eigenvalue weighted by atomic mass is 9.71. The van der Waals surface area contributed by atoms with Gasteiger partial charge in [-0.25, -0.2) is 18.7 Å². The molecule has 6 aliphatic heterocycles. The third-order valence-corrected chi connectivity index (χ3v) is 15.7. The number of aryl methyl sites for hydroxylation is 1. The summed E-state index contributed by atoms with van der Waals surface area (Å²) in [6, 6.07) is 14.7. The first-order valence-corrected chi connectivity index (χ1v) is 24.2. The number of fused-ring (bicyclic) bond motifs is 2. The molecule has 3 aromatic carbocycles. The molecule has 0 radical (unpaired) electrons. The Morgan fingerprint density at radius 3 is 2.34 bits per heavy atom. The zero-order valence-corrected chi connectivity index (χ0v) is 38.2. The van der Waals surface area contributed by atoms with Crippen molar-refractivity contribution in [2.24, 2.45) is 5.41 Å². The van der Waals surface area contributed by atoms with E-state index in [1.54, 1.807) is 36.1 Å². The van der Waals surface area contributed by atoms with Crippen LogP contribution in [-0.4, -0.2) is 116 Å². The number of aromatic nitrogens is 3. The lowest BCUT2D eigenvalue weighted by Crippen LogP contribution is -2.62.